The summed E-state index contributed by atoms with van der Waals surface area (Å²) in [5, 5.41) is 9.71. The van der Waals surface area contributed by atoms with Gasteiger partial charge in [0.25, 0.3) is 5.91 Å². The third-order valence-corrected chi connectivity index (χ3v) is 5.89. The van der Waals surface area contributed by atoms with E-state index in [1.807, 2.05) is 42.7 Å². The molecule has 162 valence electrons. The Morgan fingerprint density at radius 1 is 0.969 bits per heavy atom. The van der Waals surface area contributed by atoms with Crippen LogP contribution in [0.15, 0.2) is 66.2 Å². The van der Waals surface area contributed by atoms with Crippen molar-refractivity contribution in [1.82, 2.24) is 9.47 Å². The van der Waals surface area contributed by atoms with Crippen LogP contribution in [0.1, 0.15) is 17.0 Å². The highest BCUT2D eigenvalue weighted by molar-refractivity contribution is 6.02. The number of nitriles is 1. The van der Waals surface area contributed by atoms with Crippen LogP contribution in [-0.4, -0.2) is 41.6 Å². The summed E-state index contributed by atoms with van der Waals surface area (Å²) >= 11 is 0. The average molecular weight is 429 g/mol. The average Bonchev–Trinajstić information content (AvgIpc) is 3.11. The van der Waals surface area contributed by atoms with E-state index in [9.17, 15) is 14.4 Å². The lowest BCUT2D eigenvalue weighted by Gasteiger charge is -2.36. The van der Waals surface area contributed by atoms with Crippen molar-refractivity contribution in [2.75, 3.05) is 31.1 Å². The third kappa shape index (κ3) is 4.28. The van der Waals surface area contributed by atoms with E-state index in [0.717, 1.165) is 41.4 Å². The van der Waals surface area contributed by atoms with Gasteiger partial charge in [-0.25, -0.2) is 4.39 Å². The first-order chi connectivity index (χ1) is 15.5. The second-order valence-electron chi connectivity index (χ2n) is 7.92. The van der Waals surface area contributed by atoms with E-state index in [1.54, 1.807) is 23.1 Å². The van der Waals surface area contributed by atoms with Crippen molar-refractivity contribution >= 4 is 17.7 Å². The Morgan fingerprint density at radius 3 is 2.25 bits per heavy atom. The Bertz CT molecular complexity index is 1180. The van der Waals surface area contributed by atoms with Gasteiger partial charge in [0.1, 0.15) is 17.5 Å². The van der Waals surface area contributed by atoms with Gasteiger partial charge >= 0.3 is 0 Å². The van der Waals surface area contributed by atoms with E-state index in [0.29, 0.717) is 13.1 Å². The molecule has 3 aromatic rings. The summed E-state index contributed by atoms with van der Waals surface area (Å²) in [7, 11) is 0. The molecule has 1 aliphatic rings. The first kappa shape index (κ1) is 21.4. The van der Waals surface area contributed by atoms with Crippen molar-refractivity contribution in [3.63, 3.8) is 0 Å². The lowest BCUT2D eigenvalue weighted by molar-refractivity contribution is -0.126. The van der Waals surface area contributed by atoms with E-state index >= 15 is 0 Å². The fraction of sp³-hybridized carbons (Fsp3) is 0.231. The first-order valence-corrected chi connectivity index (χ1v) is 10.6. The smallest absolute Gasteiger partial charge is 0.264 e. The molecule has 0 bridgehead atoms. The zero-order valence-corrected chi connectivity index (χ0v) is 18.3. The molecular formula is C26H25FN4O. The Balaban J connectivity index is 1.52. The van der Waals surface area contributed by atoms with Crippen LogP contribution in [-0.2, 0) is 4.79 Å². The van der Waals surface area contributed by atoms with Crippen molar-refractivity contribution in [3.8, 4) is 11.8 Å². The van der Waals surface area contributed by atoms with Gasteiger partial charge in [-0.1, -0.05) is 18.2 Å². The number of carbonyl (C=O) groups is 1. The molecule has 2 heterocycles. The van der Waals surface area contributed by atoms with Crippen molar-refractivity contribution < 1.29 is 9.18 Å². The summed E-state index contributed by atoms with van der Waals surface area (Å²) in [6.07, 6.45) is 1.66. The molecule has 32 heavy (non-hydrogen) atoms. The fourth-order valence-corrected chi connectivity index (χ4v) is 4.20. The molecule has 1 fully saturated rings. The molecule has 6 heteroatoms. The highest BCUT2D eigenvalue weighted by Crippen LogP contribution is 2.24. The van der Waals surface area contributed by atoms with Gasteiger partial charge in [-0.15, -0.1) is 0 Å². The lowest BCUT2D eigenvalue weighted by atomic mass is 10.1. The van der Waals surface area contributed by atoms with Gasteiger partial charge in [0, 0.05) is 48.9 Å². The summed E-state index contributed by atoms with van der Waals surface area (Å²) in [5.74, 6) is -0.534. The molecule has 0 saturated carbocycles. The Kier molecular flexibility index (Phi) is 6.09. The maximum Gasteiger partial charge on any atom is 0.264 e. The van der Waals surface area contributed by atoms with Gasteiger partial charge in [-0.3, -0.25) is 4.79 Å². The molecule has 2 aromatic carbocycles. The molecule has 1 amide bonds. The maximum atomic E-state index is 13.3. The number of nitrogens with zero attached hydrogens (tertiary/aromatic N) is 4. The second kappa shape index (κ2) is 9.11. The Labute approximate surface area is 187 Å². The van der Waals surface area contributed by atoms with Gasteiger partial charge in [0.2, 0.25) is 0 Å². The summed E-state index contributed by atoms with van der Waals surface area (Å²) < 4.78 is 15.3. The zero-order chi connectivity index (χ0) is 22.7. The number of hydrogen-bond acceptors (Lipinski definition) is 3. The number of piperazine rings is 1. The first-order valence-electron chi connectivity index (χ1n) is 10.6. The molecule has 0 radical (unpaired) electrons. The van der Waals surface area contributed by atoms with Crippen LogP contribution in [0.25, 0.3) is 11.8 Å². The van der Waals surface area contributed by atoms with Crippen molar-refractivity contribution in [3.05, 3.63) is 89.0 Å². The van der Waals surface area contributed by atoms with Gasteiger partial charge in [0.05, 0.1) is 0 Å². The van der Waals surface area contributed by atoms with E-state index in [4.69, 9.17) is 0 Å². The van der Waals surface area contributed by atoms with Gasteiger partial charge in [-0.05, 0) is 68.0 Å². The topological polar surface area (TPSA) is 52.3 Å². The normalized spacial score (nSPS) is 14.4. The number of hydrogen-bond donors (Lipinski definition) is 0. The summed E-state index contributed by atoms with van der Waals surface area (Å²) in [4.78, 5) is 17.0. The number of para-hydroxylation sites is 1. The molecule has 0 atom stereocenters. The van der Waals surface area contributed by atoms with Crippen LogP contribution in [0.4, 0.5) is 10.1 Å². The molecule has 0 unspecified atom stereocenters. The monoisotopic (exact) mass is 428 g/mol. The van der Waals surface area contributed by atoms with Crippen molar-refractivity contribution in [2.24, 2.45) is 0 Å². The minimum absolute atomic E-state index is 0.123. The Morgan fingerprint density at radius 2 is 1.62 bits per heavy atom. The molecule has 0 aliphatic carbocycles. The van der Waals surface area contributed by atoms with E-state index in [2.05, 4.69) is 23.1 Å². The van der Waals surface area contributed by atoms with Crippen LogP contribution in [0.2, 0.25) is 0 Å². The standard InChI is InChI=1S/C26H25FN4O/c1-19-16-21(20(2)31(19)25-10-8-23(27)9-11-25)17-22(18-28)26(32)30-14-12-29(13-15-30)24-6-4-3-5-7-24/h3-11,16-17H,12-15H2,1-2H3/b22-17-. The van der Waals surface area contributed by atoms with Gasteiger partial charge < -0.3 is 14.4 Å². The molecule has 0 N–H and O–H groups in total. The molecular weight excluding hydrogens is 403 g/mol. The van der Waals surface area contributed by atoms with Crippen LogP contribution in [0, 0.1) is 31.0 Å². The maximum absolute atomic E-state index is 13.3. The van der Waals surface area contributed by atoms with Gasteiger partial charge in [0.15, 0.2) is 0 Å². The molecule has 5 nitrogen and oxygen atoms in total. The predicted molar refractivity (Wildman–Crippen MR) is 124 cm³/mol. The van der Waals surface area contributed by atoms with E-state index < -0.39 is 0 Å². The Hall–Kier alpha value is -3.85. The number of anilines is 1. The quantitative estimate of drug-likeness (QED) is 0.455. The van der Waals surface area contributed by atoms with Crippen LogP contribution in [0.5, 0.6) is 0 Å². The number of halogens is 1. The highest BCUT2D eigenvalue weighted by atomic mass is 19.1. The molecule has 1 aliphatic heterocycles. The number of rotatable bonds is 4. The summed E-state index contributed by atoms with van der Waals surface area (Å²) in [6, 6.07) is 20.4. The van der Waals surface area contributed by atoms with Crippen molar-refractivity contribution in [2.45, 2.75) is 13.8 Å². The number of amides is 1. The minimum Gasteiger partial charge on any atom is -0.368 e. The van der Waals surface area contributed by atoms with Crippen molar-refractivity contribution in [1.29, 1.82) is 5.26 Å². The second-order valence-corrected chi connectivity index (χ2v) is 7.92. The van der Waals surface area contributed by atoms with Crippen LogP contribution in [0.3, 0.4) is 0 Å². The largest absolute Gasteiger partial charge is 0.368 e. The van der Waals surface area contributed by atoms with Gasteiger partial charge in [-0.2, -0.15) is 5.26 Å². The fourth-order valence-electron chi connectivity index (χ4n) is 4.20. The summed E-state index contributed by atoms with van der Waals surface area (Å²) in [6.45, 7) is 6.48. The summed E-state index contributed by atoms with van der Waals surface area (Å²) in [5.41, 5.74) is 4.74. The molecule has 1 aromatic heterocycles. The lowest BCUT2D eigenvalue weighted by Crippen LogP contribution is -2.49. The molecule has 1 saturated heterocycles. The van der Waals surface area contributed by atoms with Crippen LogP contribution >= 0.6 is 0 Å². The number of carbonyl (C=O) groups excluding carboxylic acids is 1. The highest BCUT2D eigenvalue weighted by Gasteiger charge is 2.24. The number of aryl methyl sites for hydroxylation is 1. The van der Waals surface area contributed by atoms with Crippen LogP contribution < -0.4 is 4.90 Å². The SMILES string of the molecule is Cc1cc(/C=C(/C#N)C(=O)N2CCN(c3ccccc3)CC2)c(C)n1-c1ccc(F)cc1. The minimum atomic E-state index is -0.291. The number of aromatic nitrogens is 1. The molecule has 0 spiro atoms. The number of benzene rings is 2. The molecule has 4 rings (SSSR count). The van der Waals surface area contributed by atoms with E-state index in [1.165, 1.54) is 12.1 Å². The predicted octanol–water partition coefficient (Wildman–Crippen LogP) is 4.49. The van der Waals surface area contributed by atoms with E-state index in [-0.39, 0.29) is 17.3 Å². The third-order valence-electron chi connectivity index (χ3n) is 5.89. The zero-order valence-electron chi connectivity index (χ0n) is 18.3.